The molecule has 0 spiro atoms. The van der Waals surface area contributed by atoms with Crippen molar-refractivity contribution < 1.29 is 31.9 Å². The molecule has 1 heterocycles. The van der Waals surface area contributed by atoms with E-state index in [0.717, 1.165) is 12.5 Å². The zero-order valence-electron chi connectivity index (χ0n) is 15.4. The third kappa shape index (κ3) is 5.66. The lowest BCUT2D eigenvalue weighted by Crippen LogP contribution is -2.43. The average Bonchev–Trinajstić information content (AvgIpc) is 2.99. The molecule has 1 amide bonds. The number of methoxy groups -OCH3 is 1. The van der Waals surface area contributed by atoms with Crippen LogP contribution in [0.2, 0.25) is 0 Å². The van der Waals surface area contributed by atoms with Gasteiger partial charge in [0.05, 0.1) is 24.2 Å². The summed E-state index contributed by atoms with van der Waals surface area (Å²) in [4.78, 5) is 26.0. The summed E-state index contributed by atoms with van der Waals surface area (Å²) in [6.45, 7) is 1.79. The molecule has 1 aromatic carbocycles. The van der Waals surface area contributed by atoms with Gasteiger partial charge in [-0.05, 0) is 25.0 Å². The number of carbonyl (C=O) groups is 2. The summed E-state index contributed by atoms with van der Waals surface area (Å²) in [5, 5.41) is 0. The maximum Gasteiger partial charge on any atom is 0.341 e. The highest BCUT2D eigenvalue weighted by atomic mass is 32.2. The Balaban J connectivity index is 2.01. The highest BCUT2D eigenvalue weighted by Crippen LogP contribution is 2.20. The van der Waals surface area contributed by atoms with Crippen LogP contribution in [0.4, 0.5) is 4.39 Å². The molecule has 2 rings (SSSR count). The van der Waals surface area contributed by atoms with Crippen molar-refractivity contribution in [1.29, 1.82) is 0 Å². The SMILES string of the molecule is CCCCN(C(=O)COC(=O)c1ccc(OC)cc1F)C1CCS(=O)(=O)C1. The number of unbranched alkanes of at least 4 members (excludes halogenated alkanes) is 1. The van der Waals surface area contributed by atoms with E-state index in [1.165, 1.54) is 24.1 Å². The Morgan fingerprint density at radius 2 is 2.07 bits per heavy atom. The molecule has 1 unspecified atom stereocenters. The largest absolute Gasteiger partial charge is 0.497 e. The molecule has 27 heavy (non-hydrogen) atoms. The van der Waals surface area contributed by atoms with Crippen molar-refractivity contribution in [1.82, 2.24) is 4.90 Å². The van der Waals surface area contributed by atoms with Gasteiger partial charge in [0.15, 0.2) is 16.4 Å². The normalized spacial score (nSPS) is 18.1. The second-order valence-corrected chi connectivity index (χ2v) is 8.65. The van der Waals surface area contributed by atoms with E-state index in [1.807, 2.05) is 6.92 Å². The Kier molecular flexibility index (Phi) is 7.18. The molecule has 1 fully saturated rings. The summed E-state index contributed by atoms with van der Waals surface area (Å²) in [5.41, 5.74) is -0.299. The lowest BCUT2D eigenvalue weighted by molar-refractivity contribution is -0.136. The number of carbonyl (C=O) groups excluding carboxylic acids is 2. The van der Waals surface area contributed by atoms with Crippen LogP contribution in [-0.4, -0.2) is 63.0 Å². The first-order valence-corrected chi connectivity index (χ1v) is 10.6. The number of rotatable bonds is 8. The van der Waals surface area contributed by atoms with Crippen LogP contribution in [0.15, 0.2) is 18.2 Å². The van der Waals surface area contributed by atoms with Crippen molar-refractivity contribution >= 4 is 21.7 Å². The molecule has 1 saturated heterocycles. The molecule has 1 aromatic rings. The molecule has 0 aliphatic carbocycles. The summed E-state index contributed by atoms with van der Waals surface area (Å²) < 4.78 is 47.2. The lowest BCUT2D eigenvalue weighted by Gasteiger charge is -2.28. The fourth-order valence-electron chi connectivity index (χ4n) is 2.94. The minimum Gasteiger partial charge on any atom is -0.497 e. The first-order valence-electron chi connectivity index (χ1n) is 8.78. The predicted molar refractivity (Wildman–Crippen MR) is 96.9 cm³/mol. The van der Waals surface area contributed by atoms with Crippen molar-refractivity contribution in [2.75, 3.05) is 31.8 Å². The molecule has 9 heteroatoms. The Morgan fingerprint density at radius 3 is 2.63 bits per heavy atom. The van der Waals surface area contributed by atoms with Gasteiger partial charge in [-0.3, -0.25) is 4.79 Å². The van der Waals surface area contributed by atoms with Crippen LogP contribution < -0.4 is 4.74 Å². The van der Waals surface area contributed by atoms with Crippen molar-refractivity contribution in [3.8, 4) is 5.75 Å². The monoisotopic (exact) mass is 401 g/mol. The number of nitrogens with zero attached hydrogens (tertiary/aromatic N) is 1. The maximum absolute atomic E-state index is 13.9. The summed E-state index contributed by atoms with van der Waals surface area (Å²) in [7, 11) is -1.77. The van der Waals surface area contributed by atoms with Gasteiger partial charge in [0.1, 0.15) is 11.6 Å². The van der Waals surface area contributed by atoms with E-state index in [1.54, 1.807) is 0 Å². The Bertz CT molecular complexity index is 795. The Morgan fingerprint density at radius 1 is 1.33 bits per heavy atom. The van der Waals surface area contributed by atoms with E-state index in [9.17, 15) is 22.4 Å². The van der Waals surface area contributed by atoms with E-state index in [0.29, 0.717) is 19.4 Å². The lowest BCUT2D eigenvalue weighted by atomic mass is 10.2. The molecule has 0 aromatic heterocycles. The molecule has 7 nitrogen and oxygen atoms in total. The van der Waals surface area contributed by atoms with Crippen molar-refractivity contribution in [2.24, 2.45) is 0 Å². The molecule has 150 valence electrons. The van der Waals surface area contributed by atoms with Gasteiger partial charge in [-0.15, -0.1) is 0 Å². The predicted octanol–water partition coefficient (Wildman–Crippen LogP) is 1.81. The van der Waals surface area contributed by atoms with E-state index in [-0.39, 0.29) is 22.8 Å². The number of ether oxygens (including phenoxy) is 2. The van der Waals surface area contributed by atoms with Gasteiger partial charge in [0, 0.05) is 18.7 Å². The van der Waals surface area contributed by atoms with Crippen LogP contribution in [0.1, 0.15) is 36.5 Å². The zero-order chi connectivity index (χ0) is 20.0. The zero-order valence-corrected chi connectivity index (χ0v) is 16.3. The summed E-state index contributed by atoms with van der Waals surface area (Å²) in [6.07, 6.45) is 1.92. The Labute approximate surface area is 158 Å². The fraction of sp³-hybridized carbons (Fsp3) is 0.556. The minimum atomic E-state index is -3.15. The quantitative estimate of drug-likeness (QED) is 0.617. The number of benzene rings is 1. The van der Waals surface area contributed by atoms with E-state index >= 15 is 0 Å². The van der Waals surface area contributed by atoms with E-state index in [4.69, 9.17) is 9.47 Å². The molecule has 0 saturated carbocycles. The van der Waals surface area contributed by atoms with E-state index < -0.39 is 40.2 Å². The Hall–Kier alpha value is -2.16. The maximum atomic E-state index is 13.9. The second kappa shape index (κ2) is 9.16. The second-order valence-electron chi connectivity index (χ2n) is 6.42. The number of sulfone groups is 1. The van der Waals surface area contributed by atoms with E-state index in [2.05, 4.69) is 0 Å². The number of halogens is 1. The standard InChI is InChI=1S/C18H24FNO6S/c1-3-4-8-20(13-7-9-27(23,24)12-13)17(21)11-26-18(22)15-6-5-14(25-2)10-16(15)19/h5-6,10,13H,3-4,7-9,11-12H2,1-2H3. The molecule has 1 aliphatic heterocycles. The molecular weight excluding hydrogens is 377 g/mol. The molecule has 1 atom stereocenters. The number of hydrogen-bond acceptors (Lipinski definition) is 6. The van der Waals surface area contributed by atoms with Gasteiger partial charge in [-0.1, -0.05) is 13.3 Å². The number of esters is 1. The van der Waals surface area contributed by atoms with Gasteiger partial charge in [-0.25, -0.2) is 17.6 Å². The molecule has 0 radical (unpaired) electrons. The number of amides is 1. The minimum absolute atomic E-state index is 0.0461. The first-order chi connectivity index (χ1) is 12.8. The molecular formula is C18H24FNO6S. The van der Waals surface area contributed by atoms with Gasteiger partial charge < -0.3 is 14.4 Å². The summed E-state index contributed by atoms with van der Waals surface area (Å²) in [6, 6.07) is 3.28. The molecule has 1 aliphatic rings. The smallest absolute Gasteiger partial charge is 0.341 e. The third-order valence-electron chi connectivity index (χ3n) is 4.44. The van der Waals surface area contributed by atoms with Gasteiger partial charge in [-0.2, -0.15) is 0 Å². The van der Waals surface area contributed by atoms with Crippen LogP contribution in [0, 0.1) is 5.82 Å². The molecule has 0 N–H and O–H groups in total. The molecule has 0 bridgehead atoms. The third-order valence-corrected chi connectivity index (χ3v) is 6.20. The summed E-state index contributed by atoms with van der Waals surface area (Å²) in [5.74, 6) is -2.02. The van der Waals surface area contributed by atoms with Crippen LogP contribution >= 0.6 is 0 Å². The highest BCUT2D eigenvalue weighted by molar-refractivity contribution is 7.91. The van der Waals surface area contributed by atoms with Gasteiger partial charge in [0.25, 0.3) is 5.91 Å². The van der Waals surface area contributed by atoms with Gasteiger partial charge in [0.2, 0.25) is 0 Å². The van der Waals surface area contributed by atoms with Crippen molar-refractivity contribution in [2.45, 2.75) is 32.2 Å². The van der Waals surface area contributed by atoms with Crippen molar-refractivity contribution in [3.63, 3.8) is 0 Å². The number of hydrogen-bond donors (Lipinski definition) is 0. The van der Waals surface area contributed by atoms with Crippen molar-refractivity contribution in [3.05, 3.63) is 29.6 Å². The summed E-state index contributed by atoms with van der Waals surface area (Å²) >= 11 is 0. The van der Waals surface area contributed by atoms with Crippen LogP contribution in [0.3, 0.4) is 0 Å². The highest BCUT2D eigenvalue weighted by Gasteiger charge is 2.34. The first kappa shape index (κ1) is 21.1. The fourth-order valence-corrected chi connectivity index (χ4v) is 4.67. The van der Waals surface area contributed by atoms with Gasteiger partial charge >= 0.3 is 5.97 Å². The van der Waals surface area contributed by atoms with Crippen LogP contribution in [-0.2, 0) is 19.4 Å². The topological polar surface area (TPSA) is 90.0 Å². The van der Waals surface area contributed by atoms with Crippen LogP contribution in [0.25, 0.3) is 0 Å². The van der Waals surface area contributed by atoms with Crippen LogP contribution in [0.5, 0.6) is 5.75 Å². The average molecular weight is 401 g/mol.